The summed E-state index contributed by atoms with van der Waals surface area (Å²) in [4.78, 5) is 0. The molecule has 1 aromatic carbocycles. The standard InChI is InChI=1S/C15H23N5O/c1-5-11(3)21-14-9-7-8-13(10-14)20-15(17-18-19-20)12(4)16-6-2/h7-12,16H,5-6H2,1-4H3. The van der Waals surface area contributed by atoms with Crippen LogP contribution < -0.4 is 10.1 Å². The van der Waals surface area contributed by atoms with Gasteiger partial charge < -0.3 is 10.1 Å². The summed E-state index contributed by atoms with van der Waals surface area (Å²) in [6.45, 7) is 9.13. The predicted octanol–water partition coefficient (Wildman–Crippen LogP) is 2.51. The van der Waals surface area contributed by atoms with E-state index >= 15 is 0 Å². The smallest absolute Gasteiger partial charge is 0.173 e. The van der Waals surface area contributed by atoms with Crippen LogP contribution in [0.2, 0.25) is 0 Å². The normalized spacial score (nSPS) is 13.9. The number of ether oxygens (including phenoxy) is 1. The van der Waals surface area contributed by atoms with Gasteiger partial charge in [-0.25, -0.2) is 0 Å². The lowest BCUT2D eigenvalue weighted by Gasteiger charge is -2.15. The molecule has 0 aliphatic heterocycles. The molecule has 0 bridgehead atoms. The maximum Gasteiger partial charge on any atom is 0.173 e. The number of aromatic nitrogens is 4. The van der Waals surface area contributed by atoms with Gasteiger partial charge in [-0.3, -0.25) is 0 Å². The van der Waals surface area contributed by atoms with Gasteiger partial charge >= 0.3 is 0 Å². The summed E-state index contributed by atoms with van der Waals surface area (Å²) < 4.78 is 7.60. The first kappa shape index (κ1) is 15.4. The van der Waals surface area contributed by atoms with Crippen LogP contribution >= 0.6 is 0 Å². The molecule has 0 aliphatic rings. The van der Waals surface area contributed by atoms with Crippen molar-refractivity contribution in [3.05, 3.63) is 30.1 Å². The van der Waals surface area contributed by atoms with E-state index in [2.05, 4.69) is 41.6 Å². The Labute approximate surface area is 125 Å². The summed E-state index contributed by atoms with van der Waals surface area (Å²) >= 11 is 0. The van der Waals surface area contributed by atoms with E-state index < -0.39 is 0 Å². The maximum atomic E-state index is 5.85. The first-order chi connectivity index (χ1) is 10.2. The van der Waals surface area contributed by atoms with Gasteiger partial charge in [0, 0.05) is 6.07 Å². The summed E-state index contributed by atoms with van der Waals surface area (Å²) in [7, 11) is 0. The van der Waals surface area contributed by atoms with Crippen LogP contribution in [0.1, 0.15) is 46.0 Å². The van der Waals surface area contributed by atoms with Crippen LogP contribution in [0, 0.1) is 0 Å². The summed E-state index contributed by atoms with van der Waals surface area (Å²) in [5.74, 6) is 1.62. The lowest BCUT2D eigenvalue weighted by Crippen LogP contribution is -2.21. The van der Waals surface area contributed by atoms with Crippen LogP contribution in [-0.2, 0) is 0 Å². The zero-order valence-corrected chi connectivity index (χ0v) is 13.1. The number of tetrazole rings is 1. The number of nitrogens with one attached hydrogen (secondary N) is 1. The highest BCUT2D eigenvalue weighted by atomic mass is 16.5. The first-order valence-electron chi connectivity index (χ1n) is 7.44. The van der Waals surface area contributed by atoms with Crippen LogP contribution in [0.25, 0.3) is 5.69 Å². The van der Waals surface area contributed by atoms with Crippen LogP contribution in [0.4, 0.5) is 0 Å². The minimum atomic E-state index is 0.0872. The second-order valence-corrected chi connectivity index (χ2v) is 5.06. The number of hydrogen-bond acceptors (Lipinski definition) is 5. The highest BCUT2D eigenvalue weighted by Gasteiger charge is 2.15. The fourth-order valence-corrected chi connectivity index (χ4v) is 2.05. The van der Waals surface area contributed by atoms with Crippen molar-refractivity contribution in [2.45, 2.75) is 46.3 Å². The second kappa shape index (κ2) is 7.17. The van der Waals surface area contributed by atoms with Gasteiger partial charge in [0.1, 0.15) is 5.75 Å². The van der Waals surface area contributed by atoms with Gasteiger partial charge in [-0.1, -0.05) is 19.9 Å². The molecule has 1 N–H and O–H groups in total. The molecule has 0 saturated heterocycles. The molecule has 21 heavy (non-hydrogen) atoms. The van der Waals surface area contributed by atoms with Gasteiger partial charge in [0.25, 0.3) is 0 Å². The summed E-state index contributed by atoms with van der Waals surface area (Å²) in [6, 6.07) is 7.93. The van der Waals surface area contributed by atoms with Crippen LogP contribution in [0.15, 0.2) is 24.3 Å². The van der Waals surface area contributed by atoms with Gasteiger partial charge in [0.2, 0.25) is 0 Å². The topological polar surface area (TPSA) is 64.9 Å². The van der Waals surface area contributed by atoms with Gasteiger partial charge in [0.15, 0.2) is 5.82 Å². The molecule has 0 amide bonds. The molecule has 1 aromatic heterocycles. The zero-order valence-electron chi connectivity index (χ0n) is 13.1. The average Bonchev–Trinajstić information content (AvgIpc) is 2.97. The third-order valence-corrected chi connectivity index (χ3v) is 3.37. The van der Waals surface area contributed by atoms with Gasteiger partial charge in [-0.15, -0.1) is 5.10 Å². The van der Waals surface area contributed by atoms with Crippen molar-refractivity contribution >= 4 is 0 Å². The van der Waals surface area contributed by atoms with Crippen LogP contribution in [-0.4, -0.2) is 32.9 Å². The maximum absolute atomic E-state index is 5.85. The van der Waals surface area contributed by atoms with Crippen molar-refractivity contribution in [1.29, 1.82) is 0 Å². The molecule has 6 nitrogen and oxygen atoms in total. The van der Waals surface area contributed by atoms with E-state index in [4.69, 9.17) is 4.74 Å². The lowest BCUT2D eigenvalue weighted by atomic mass is 10.2. The fraction of sp³-hybridized carbons (Fsp3) is 0.533. The Morgan fingerprint density at radius 2 is 2.10 bits per heavy atom. The zero-order chi connectivity index (χ0) is 15.2. The lowest BCUT2D eigenvalue weighted by molar-refractivity contribution is 0.217. The fourth-order valence-electron chi connectivity index (χ4n) is 2.05. The van der Waals surface area contributed by atoms with Gasteiger partial charge in [0.05, 0.1) is 17.8 Å². The predicted molar refractivity (Wildman–Crippen MR) is 81.6 cm³/mol. The van der Waals surface area contributed by atoms with E-state index in [0.717, 1.165) is 30.2 Å². The molecule has 114 valence electrons. The monoisotopic (exact) mass is 289 g/mol. The molecular formula is C15H23N5O. The van der Waals surface area contributed by atoms with E-state index in [0.29, 0.717) is 0 Å². The van der Waals surface area contributed by atoms with Crippen LogP contribution in [0.5, 0.6) is 5.75 Å². The van der Waals surface area contributed by atoms with E-state index in [1.807, 2.05) is 31.2 Å². The van der Waals surface area contributed by atoms with Gasteiger partial charge in [-0.05, 0) is 49.4 Å². The minimum Gasteiger partial charge on any atom is -0.491 e. The van der Waals surface area contributed by atoms with Gasteiger partial charge in [-0.2, -0.15) is 4.68 Å². The summed E-state index contributed by atoms with van der Waals surface area (Å²) in [5, 5.41) is 15.3. The second-order valence-electron chi connectivity index (χ2n) is 5.06. The van der Waals surface area contributed by atoms with E-state index in [-0.39, 0.29) is 12.1 Å². The Morgan fingerprint density at radius 3 is 2.81 bits per heavy atom. The van der Waals surface area contributed by atoms with Crippen LogP contribution in [0.3, 0.4) is 0 Å². The highest BCUT2D eigenvalue weighted by molar-refractivity contribution is 5.39. The molecule has 2 aromatic rings. The summed E-state index contributed by atoms with van der Waals surface area (Å²) in [6.07, 6.45) is 1.16. The summed E-state index contributed by atoms with van der Waals surface area (Å²) in [5.41, 5.74) is 0.903. The molecular weight excluding hydrogens is 266 g/mol. The quantitative estimate of drug-likeness (QED) is 0.848. The molecule has 0 spiro atoms. The largest absolute Gasteiger partial charge is 0.491 e. The molecule has 0 aliphatic carbocycles. The molecule has 2 rings (SSSR count). The SMILES string of the molecule is CCNC(C)c1nnnn1-c1cccc(OC(C)CC)c1. The van der Waals surface area contributed by atoms with Crippen molar-refractivity contribution in [2.24, 2.45) is 0 Å². The Bertz CT molecular complexity index is 569. The molecule has 0 radical (unpaired) electrons. The van der Waals surface area contributed by atoms with E-state index in [9.17, 15) is 0 Å². The van der Waals surface area contributed by atoms with E-state index in [1.165, 1.54) is 0 Å². The van der Waals surface area contributed by atoms with Crippen molar-refractivity contribution in [2.75, 3.05) is 6.54 Å². The number of nitrogens with zero attached hydrogens (tertiary/aromatic N) is 4. The highest BCUT2D eigenvalue weighted by Crippen LogP contribution is 2.20. The Hall–Kier alpha value is -1.95. The molecule has 2 atom stereocenters. The number of rotatable bonds is 7. The van der Waals surface area contributed by atoms with E-state index in [1.54, 1.807) is 4.68 Å². The van der Waals surface area contributed by atoms with Crippen molar-refractivity contribution in [3.63, 3.8) is 0 Å². The third kappa shape index (κ3) is 3.78. The Morgan fingerprint density at radius 1 is 1.29 bits per heavy atom. The average molecular weight is 289 g/mol. The molecule has 6 heteroatoms. The number of hydrogen-bond donors (Lipinski definition) is 1. The van der Waals surface area contributed by atoms with Crippen molar-refractivity contribution in [3.8, 4) is 11.4 Å². The Balaban J connectivity index is 2.26. The van der Waals surface area contributed by atoms with Crippen molar-refractivity contribution < 1.29 is 4.74 Å². The molecule has 1 heterocycles. The molecule has 0 saturated carbocycles. The third-order valence-electron chi connectivity index (χ3n) is 3.37. The number of benzene rings is 1. The molecule has 0 fully saturated rings. The minimum absolute atomic E-state index is 0.0872. The first-order valence-corrected chi connectivity index (χ1v) is 7.44. The Kier molecular flexibility index (Phi) is 5.27. The van der Waals surface area contributed by atoms with Crippen molar-refractivity contribution in [1.82, 2.24) is 25.5 Å². The molecule has 2 unspecified atom stereocenters.